The summed E-state index contributed by atoms with van der Waals surface area (Å²) in [4.78, 5) is 2.44. The Morgan fingerprint density at radius 1 is 0.387 bits per heavy atom. The highest BCUT2D eigenvalue weighted by Crippen LogP contribution is 2.60. The van der Waals surface area contributed by atoms with Gasteiger partial charge in [-0.25, -0.2) is 0 Å². The van der Waals surface area contributed by atoms with Crippen LogP contribution in [0.4, 0.5) is 17.1 Å². The molecule has 0 spiro atoms. The molecule has 0 aliphatic heterocycles. The van der Waals surface area contributed by atoms with Crippen LogP contribution in [0.2, 0.25) is 0 Å². The molecular formula is C59H37NOS. The molecule has 0 bridgehead atoms. The van der Waals surface area contributed by atoms with E-state index in [9.17, 15) is 0 Å². The average molecular weight is 808 g/mol. The number of benzene rings is 10. The van der Waals surface area contributed by atoms with Gasteiger partial charge in [-0.15, -0.1) is 11.3 Å². The standard InChI is InChI=1S/C59H37NOS/c1-3-16-41(17-4-1)59(42-18-5-2-6-19-42)50-24-11-9-22-49(50)56-51(59)25-14-26-52(56)60(53-27-13-23-47-48-36-31-39-15-7-8-20-44(39)57(48)61-58(47)53)43-33-29-38(30-34-43)40-32-35-46-45-21-10-12-28-54(45)62-55(46)37-40/h1-37H. The van der Waals surface area contributed by atoms with Gasteiger partial charge in [-0.05, 0) is 86.8 Å². The summed E-state index contributed by atoms with van der Waals surface area (Å²) >= 11 is 1.86. The van der Waals surface area contributed by atoms with E-state index in [1.807, 2.05) is 11.3 Å². The van der Waals surface area contributed by atoms with Crippen molar-refractivity contribution in [2.24, 2.45) is 0 Å². The van der Waals surface area contributed by atoms with Crippen LogP contribution in [0.1, 0.15) is 22.3 Å². The number of fused-ring (bicyclic) bond motifs is 11. The number of hydrogen-bond acceptors (Lipinski definition) is 3. The van der Waals surface area contributed by atoms with Gasteiger partial charge in [-0.2, -0.15) is 0 Å². The molecule has 1 aliphatic rings. The SMILES string of the molecule is c1ccc(C2(c3ccccc3)c3ccccc3-c3c(N(c4ccc(-c5ccc6c(c5)sc5ccccc56)cc4)c4cccc5c4oc4c6ccccc6ccc54)cccc32)cc1. The van der Waals surface area contributed by atoms with Crippen molar-refractivity contribution in [1.82, 2.24) is 0 Å². The predicted octanol–water partition coefficient (Wildman–Crippen LogP) is 16.6. The topological polar surface area (TPSA) is 16.4 Å². The van der Waals surface area contributed by atoms with Gasteiger partial charge in [-0.1, -0.05) is 182 Å². The van der Waals surface area contributed by atoms with Gasteiger partial charge in [0.25, 0.3) is 0 Å². The Kier molecular flexibility index (Phi) is 7.72. The first-order valence-electron chi connectivity index (χ1n) is 21.2. The van der Waals surface area contributed by atoms with Gasteiger partial charge in [0.05, 0.1) is 16.8 Å². The molecule has 0 radical (unpaired) electrons. The Labute approximate surface area is 363 Å². The molecule has 0 amide bonds. The summed E-state index contributed by atoms with van der Waals surface area (Å²) in [5, 5.41) is 7.12. The van der Waals surface area contributed by atoms with Gasteiger partial charge < -0.3 is 9.32 Å². The third kappa shape index (κ3) is 5.03. The van der Waals surface area contributed by atoms with E-state index in [1.54, 1.807) is 0 Å². The second-order valence-electron chi connectivity index (χ2n) is 16.3. The van der Waals surface area contributed by atoms with Crippen molar-refractivity contribution in [2.75, 3.05) is 4.90 Å². The van der Waals surface area contributed by atoms with Crippen LogP contribution in [0.15, 0.2) is 229 Å². The lowest BCUT2D eigenvalue weighted by Gasteiger charge is -2.34. The van der Waals surface area contributed by atoms with Gasteiger partial charge in [0.1, 0.15) is 5.58 Å². The van der Waals surface area contributed by atoms with Crippen LogP contribution in [0.25, 0.3) is 75.1 Å². The predicted molar refractivity (Wildman–Crippen MR) is 262 cm³/mol. The molecule has 2 nitrogen and oxygen atoms in total. The summed E-state index contributed by atoms with van der Waals surface area (Å²) in [6.07, 6.45) is 0. The Morgan fingerprint density at radius 2 is 0.984 bits per heavy atom. The first-order chi connectivity index (χ1) is 30.8. The lowest BCUT2D eigenvalue weighted by atomic mass is 9.68. The molecular weight excluding hydrogens is 771 g/mol. The maximum atomic E-state index is 7.11. The van der Waals surface area contributed by atoms with E-state index >= 15 is 0 Å². The zero-order valence-electron chi connectivity index (χ0n) is 33.6. The Hall–Kier alpha value is -7.72. The third-order valence-corrected chi connectivity index (χ3v) is 14.3. The van der Waals surface area contributed by atoms with Gasteiger partial charge in [0, 0.05) is 47.6 Å². The van der Waals surface area contributed by atoms with E-state index in [1.165, 1.54) is 64.7 Å². The zero-order chi connectivity index (χ0) is 40.8. The number of thiophene rings is 1. The molecule has 290 valence electrons. The Bertz CT molecular complexity index is 3650. The normalized spacial score (nSPS) is 13.0. The van der Waals surface area contributed by atoms with Crippen LogP contribution in [0.3, 0.4) is 0 Å². The summed E-state index contributed by atoms with van der Waals surface area (Å²) in [5.41, 5.74) is 14.2. The quantitative estimate of drug-likeness (QED) is 0.166. The first kappa shape index (κ1) is 35.1. The van der Waals surface area contributed by atoms with E-state index in [-0.39, 0.29) is 0 Å². The minimum absolute atomic E-state index is 0.532. The van der Waals surface area contributed by atoms with Crippen molar-refractivity contribution in [3.63, 3.8) is 0 Å². The van der Waals surface area contributed by atoms with Crippen LogP contribution < -0.4 is 4.90 Å². The maximum absolute atomic E-state index is 7.11. The minimum Gasteiger partial charge on any atom is -0.453 e. The van der Waals surface area contributed by atoms with Gasteiger partial charge in [0.15, 0.2) is 5.58 Å². The van der Waals surface area contributed by atoms with Crippen LogP contribution in [0.5, 0.6) is 0 Å². The molecule has 10 aromatic carbocycles. The molecule has 1 aliphatic carbocycles. The van der Waals surface area contributed by atoms with E-state index in [0.29, 0.717) is 0 Å². The first-order valence-corrected chi connectivity index (χ1v) is 22.1. The van der Waals surface area contributed by atoms with E-state index in [2.05, 4.69) is 229 Å². The van der Waals surface area contributed by atoms with Crippen LogP contribution in [0, 0.1) is 0 Å². The number of hydrogen-bond donors (Lipinski definition) is 0. The summed E-state index contributed by atoms with van der Waals surface area (Å²) in [5.74, 6) is 0. The average Bonchev–Trinajstić information content (AvgIpc) is 4.01. The monoisotopic (exact) mass is 807 g/mol. The molecule has 0 unspecified atom stereocenters. The number of anilines is 3. The summed E-state index contributed by atoms with van der Waals surface area (Å²) in [6.45, 7) is 0. The van der Waals surface area contributed by atoms with Crippen molar-refractivity contribution in [2.45, 2.75) is 5.41 Å². The molecule has 0 fully saturated rings. The summed E-state index contributed by atoms with van der Waals surface area (Å²) < 4.78 is 9.73. The van der Waals surface area contributed by atoms with Crippen LogP contribution in [-0.2, 0) is 5.41 Å². The fourth-order valence-corrected chi connectivity index (χ4v) is 11.6. The van der Waals surface area contributed by atoms with Crippen molar-refractivity contribution >= 4 is 81.3 Å². The van der Waals surface area contributed by atoms with Crippen molar-refractivity contribution in [1.29, 1.82) is 0 Å². The highest BCUT2D eigenvalue weighted by Gasteiger charge is 2.47. The van der Waals surface area contributed by atoms with Crippen molar-refractivity contribution in [3.8, 4) is 22.3 Å². The second kappa shape index (κ2) is 13.7. The highest BCUT2D eigenvalue weighted by molar-refractivity contribution is 7.25. The molecule has 12 aromatic rings. The van der Waals surface area contributed by atoms with Gasteiger partial charge >= 0.3 is 0 Å². The largest absolute Gasteiger partial charge is 0.453 e. The molecule has 62 heavy (non-hydrogen) atoms. The lowest BCUT2D eigenvalue weighted by Crippen LogP contribution is -2.28. The molecule has 0 saturated carbocycles. The second-order valence-corrected chi connectivity index (χ2v) is 17.4. The maximum Gasteiger partial charge on any atom is 0.159 e. The van der Waals surface area contributed by atoms with Crippen LogP contribution in [-0.4, -0.2) is 0 Å². The minimum atomic E-state index is -0.532. The van der Waals surface area contributed by atoms with E-state index in [0.717, 1.165) is 49.8 Å². The Morgan fingerprint density at radius 3 is 1.81 bits per heavy atom. The van der Waals surface area contributed by atoms with Gasteiger partial charge in [0.2, 0.25) is 0 Å². The zero-order valence-corrected chi connectivity index (χ0v) is 34.4. The number of para-hydroxylation sites is 1. The fraction of sp³-hybridized carbons (Fsp3) is 0.0169. The number of furan rings is 1. The van der Waals surface area contributed by atoms with Gasteiger partial charge in [-0.3, -0.25) is 0 Å². The molecule has 2 heterocycles. The number of nitrogens with zero attached hydrogens (tertiary/aromatic N) is 1. The molecule has 0 atom stereocenters. The molecule has 0 saturated heterocycles. The van der Waals surface area contributed by atoms with Crippen molar-refractivity contribution in [3.05, 3.63) is 247 Å². The fourth-order valence-electron chi connectivity index (χ4n) is 10.5. The van der Waals surface area contributed by atoms with Crippen molar-refractivity contribution < 1.29 is 4.42 Å². The molecule has 0 N–H and O–H groups in total. The van der Waals surface area contributed by atoms with E-state index in [4.69, 9.17) is 4.42 Å². The molecule has 3 heteroatoms. The Balaban J connectivity index is 1.07. The third-order valence-electron chi connectivity index (χ3n) is 13.1. The van der Waals surface area contributed by atoms with Crippen LogP contribution >= 0.6 is 11.3 Å². The molecule has 2 aromatic heterocycles. The van der Waals surface area contributed by atoms with E-state index < -0.39 is 5.41 Å². The smallest absolute Gasteiger partial charge is 0.159 e. The highest BCUT2D eigenvalue weighted by atomic mass is 32.1. The molecule has 13 rings (SSSR count). The lowest BCUT2D eigenvalue weighted by molar-refractivity contribution is 0.673. The summed E-state index contributed by atoms with van der Waals surface area (Å²) in [6, 6.07) is 82.2. The summed E-state index contributed by atoms with van der Waals surface area (Å²) in [7, 11) is 0. The number of rotatable bonds is 6.